The van der Waals surface area contributed by atoms with Gasteiger partial charge < -0.3 is 4.79 Å². The van der Waals surface area contributed by atoms with Crippen LogP contribution in [0.5, 0.6) is 0 Å². The normalized spacial score (nSPS) is 22.8. The van der Waals surface area contributed by atoms with Gasteiger partial charge in [-0.2, -0.15) is 5.57 Å². The third-order valence-electron chi connectivity index (χ3n) is 1.63. The SMILES string of the molecule is O=[C-]/C1=C/C=C\CCCC1.[I][Co+][I]. The van der Waals surface area contributed by atoms with Gasteiger partial charge in [-0.25, -0.2) is 6.08 Å². The van der Waals surface area contributed by atoms with E-state index in [0.717, 1.165) is 24.8 Å². The molecule has 0 fully saturated rings. The van der Waals surface area contributed by atoms with Crippen molar-refractivity contribution in [1.29, 1.82) is 0 Å². The number of carbonyl (C=O) groups excluding carboxylic acids is 1. The maximum atomic E-state index is 10.2. The van der Waals surface area contributed by atoms with Crippen LogP contribution >= 0.6 is 40.8 Å². The van der Waals surface area contributed by atoms with Crippen molar-refractivity contribution in [3.8, 4) is 0 Å². The topological polar surface area (TPSA) is 17.1 Å². The summed E-state index contributed by atoms with van der Waals surface area (Å²) in [6.45, 7) is 0. The Bertz CT molecular complexity index is 190. The van der Waals surface area contributed by atoms with Gasteiger partial charge in [0, 0.05) is 0 Å². The molecule has 0 amide bonds. The second kappa shape index (κ2) is 11.2. The van der Waals surface area contributed by atoms with Crippen LogP contribution in [-0.2, 0) is 13.1 Å². The van der Waals surface area contributed by atoms with Crippen LogP contribution in [0.3, 0.4) is 0 Å². The van der Waals surface area contributed by atoms with Crippen LogP contribution in [0.4, 0.5) is 0 Å². The average molecular weight is 448 g/mol. The van der Waals surface area contributed by atoms with Gasteiger partial charge in [0.1, 0.15) is 0 Å². The van der Waals surface area contributed by atoms with Crippen molar-refractivity contribution in [3.63, 3.8) is 0 Å². The molecule has 0 bridgehead atoms. The number of hydrogen-bond donors (Lipinski definition) is 0. The van der Waals surface area contributed by atoms with Gasteiger partial charge in [0.2, 0.25) is 0 Å². The van der Waals surface area contributed by atoms with Crippen molar-refractivity contribution in [2.24, 2.45) is 0 Å². The van der Waals surface area contributed by atoms with Crippen LogP contribution in [0.2, 0.25) is 0 Å². The molecular formula is C9H11CoI2O. The zero-order valence-corrected chi connectivity index (χ0v) is 12.4. The first-order chi connectivity index (χ1) is 6.35. The third-order valence-corrected chi connectivity index (χ3v) is 1.63. The standard InChI is InChI=1S/C9H11O.Co.2HI/c10-8-9-6-4-2-1-3-5-7-9;;;/h2,4,6H,1,3,5,7H2;;2*1H/q-1;+3;;/p-2/b4-2-,9-6+;;;. The molecule has 1 aliphatic carbocycles. The van der Waals surface area contributed by atoms with Crippen molar-refractivity contribution in [3.05, 3.63) is 23.8 Å². The molecule has 0 spiro atoms. The molecule has 0 aromatic rings. The van der Waals surface area contributed by atoms with E-state index in [1.807, 2.05) is 18.4 Å². The second-order valence-electron chi connectivity index (χ2n) is 2.52. The van der Waals surface area contributed by atoms with Crippen LogP contribution in [0, 0.1) is 0 Å². The first-order valence-electron chi connectivity index (χ1n) is 3.92. The second-order valence-corrected chi connectivity index (χ2v) is 11.3. The van der Waals surface area contributed by atoms with E-state index < -0.39 is 0 Å². The quantitative estimate of drug-likeness (QED) is 0.440. The molecule has 0 radical (unpaired) electrons. The summed E-state index contributed by atoms with van der Waals surface area (Å²) >= 11 is 4.49. The summed E-state index contributed by atoms with van der Waals surface area (Å²) in [4.78, 5) is 10.2. The fraction of sp³-hybridized carbons (Fsp3) is 0.444. The molecule has 0 heterocycles. The van der Waals surface area contributed by atoms with E-state index in [-0.39, 0.29) is 0 Å². The number of rotatable bonds is 1. The monoisotopic (exact) mass is 448 g/mol. The molecule has 0 saturated carbocycles. The minimum atomic E-state index is 0.802. The van der Waals surface area contributed by atoms with Crippen LogP contribution < -0.4 is 0 Å². The van der Waals surface area contributed by atoms with Gasteiger partial charge in [0.05, 0.1) is 0 Å². The van der Waals surface area contributed by atoms with E-state index in [0.29, 0.717) is 0 Å². The van der Waals surface area contributed by atoms with E-state index in [9.17, 15) is 4.79 Å². The fourth-order valence-electron chi connectivity index (χ4n) is 1.03. The molecule has 0 aromatic carbocycles. The Balaban J connectivity index is 0.000000424. The van der Waals surface area contributed by atoms with E-state index in [2.05, 4.69) is 46.9 Å². The molecule has 0 saturated heterocycles. The molecule has 13 heavy (non-hydrogen) atoms. The predicted octanol–water partition coefficient (Wildman–Crippen LogP) is 3.92. The Morgan fingerprint density at radius 1 is 1.38 bits per heavy atom. The molecule has 0 unspecified atom stereocenters. The van der Waals surface area contributed by atoms with Gasteiger partial charge in [-0.05, 0) is 19.1 Å². The minimum absolute atomic E-state index is 0.802. The molecule has 1 rings (SSSR count). The van der Waals surface area contributed by atoms with Crippen molar-refractivity contribution in [2.45, 2.75) is 25.7 Å². The van der Waals surface area contributed by atoms with Crippen LogP contribution in [-0.4, -0.2) is 6.29 Å². The van der Waals surface area contributed by atoms with Crippen molar-refractivity contribution in [2.75, 3.05) is 0 Å². The Hall–Kier alpha value is 1.12. The van der Waals surface area contributed by atoms with Gasteiger partial charge in [-0.15, -0.1) is 12.2 Å². The zero-order chi connectivity index (χ0) is 9.94. The number of allylic oxidation sites excluding steroid dienone is 4. The summed E-state index contributed by atoms with van der Waals surface area (Å²) in [6.07, 6.45) is 12.2. The molecule has 1 nitrogen and oxygen atoms in total. The summed E-state index contributed by atoms with van der Waals surface area (Å²) in [5.74, 6) is 0. The Labute approximate surface area is 108 Å². The van der Waals surface area contributed by atoms with E-state index in [1.54, 1.807) is 0 Å². The fourth-order valence-corrected chi connectivity index (χ4v) is 1.03. The first kappa shape index (κ1) is 14.1. The summed E-state index contributed by atoms with van der Waals surface area (Å²) in [5, 5.41) is 0. The predicted molar refractivity (Wildman–Crippen MR) is 69.4 cm³/mol. The van der Waals surface area contributed by atoms with Crippen LogP contribution in [0.25, 0.3) is 0 Å². The zero-order valence-electron chi connectivity index (χ0n) is 7.06. The van der Waals surface area contributed by atoms with Crippen molar-refractivity contribution in [1.82, 2.24) is 0 Å². The Kier molecular flexibility index (Phi) is 12.2. The number of halogens is 2. The van der Waals surface area contributed by atoms with Crippen LogP contribution in [0.1, 0.15) is 25.7 Å². The maximum absolute atomic E-state index is 10.2. The first-order valence-corrected chi connectivity index (χ1v) is 10.6. The molecule has 4 heteroatoms. The molecule has 0 N–H and O–H groups in total. The summed E-state index contributed by atoms with van der Waals surface area (Å²) in [5.41, 5.74) is 0.802. The number of hydrogen-bond acceptors (Lipinski definition) is 1. The summed E-state index contributed by atoms with van der Waals surface area (Å²) < 4.78 is 0. The molecule has 0 aromatic heterocycles. The summed E-state index contributed by atoms with van der Waals surface area (Å²) in [7, 11) is 1.38. The molecule has 0 atom stereocenters. The Morgan fingerprint density at radius 2 is 2.08 bits per heavy atom. The summed E-state index contributed by atoms with van der Waals surface area (Å²) in [6, 6.07) is 0. The molecule has 0 aliphatic heterocycles. The van der Waals surface area contributed by atoms with Crippen molar-refractivity contribution >= 4 is 47.1 Å². The van der Waals surface area contributed by atoms with E-state index >= 15 is 0 Å². The van der Waals surface area contributed by atoms with Gasteiger partial charge in [-0.3, -0.25) is 0 Å². The molecule has 76 valence electrons. The van der Waals surface area contributed by atoms with Crippen molar-refractivity contribution < 1.29 is 13.1 Å². The van der Waals surface area contributed by atoms with Gasteiger partial charge >= 0.3 is 49.1 Å². The molecular weight excluding hydrogens is 437 g/mol. The van der Waals surface area contributed by atoms with Gasteiger partial charge in [-0.1, -0.05) is 12.8 Å². The molecule has 1 aliphatic rings. The average Bonchev–Trinajstić information content (AvgIpc) is 2.05. The van der Waals surface area contributed by atoms with Gasteiger partial charge in [0.25, 0.3) is 0 Å². The van der Waals surface area contributed by atoms with Crippen LogP contribution in [0.15, 0.2) is 23.8 Å². The van der Waals surface area contributed by atoms with E-state index in [1.165, 1.54) is 14.7 Å². The van der Waals surface area contributed by atoms with Gasteiger partial charge in [0.15, 0.2) is 0 Å². The van der Waals surface area contributed by atoms with E-state index in [4.69, 9.17) is 0 Å². The Morgan fingerprint density at radius 3 is 2.69 bits per heavy atom. The third kappa shape index (κ3) is 9.42.